The molecular weight excluding hydrogens is 647 g/mol. The molecule has 4 rings (SSSR count). The Labute approximate surface area is 243 Å². The second-order valence-electron chi connectivity index (χ2n) is 12.8. The van der Waals surface area contributed by atoms with Crippen LogP contribution >= 0.6 is 0 Å². The van der Waals surface area contributed by atoms with E-state index in [1.807, 2.05) is 24.3 Å². The van der Waals surface area contributed by atoms with E-state index in [0.29, 0.717) is 0 Å². The van der Waals surface area contributed by atoms with Crippen LogP contribution in [0.15, 0.2) is 60.7 Å². The fourth-order valence-corrected chi connectivity index (χ4v) is 4.34. The maximum Gasteiger partial charge on any atom is 2.00 e. The van der Waals surface area contributed by atoms with E-state index in [9.17, 15) is 0 Å². The van der Waals surface area contributed by atoms with Crippen LogP contribution in [-0.4, -0.2) is 19.9 Å². The summed E-state index contributed by atoms with van der Waals surface area (Å²) in [5, 5.41) is 0. The van der Waals surface area contributed by atoms with Gasteiger partial charge in [-0.25, -0.2) is 0 Å². The van der Waals surface area contributed by atoms with Crippen molar-refractivity contribution in [2.45, 2.75) is 73.6 Å². The van der Waals surface area contributed by atoms with Gasteiger partial charge in [0, 0.05) is 16.8 Å². The van der Waals surface area contributed by atoms with Crippen molar-refractivity contribution in [2.75, 3.05) is 0 Å². The van der Waals surface area contributed by atoms with Crippen molar-refractivity contribution < 1.29 is 21.1 Å². The number of pyridine rings is 4. The van der Waals surface area contributed by atoms with Crippen LogP contribution < -0.4 is 0 Å². The molecule has 0 radical (unpaired) electrons. The predicted octanol–water partition coefficient (Wildman–Crippen LogP) is 7.70. The van der Waals surface area contributed by atoms with Gasteiger partial charge in [0.2, 0.25) is 0 Å². The van der Waals surface area contributed by atoms with Gasteiger partial charge in [0.05, 0.1) is 0 Å². The summed E-state index contributed by atoms with van der Waals surface area (Å²) in [6, 6.07) is 20.6. The van der Waals surface area contributed by atoms with E-state index >= 15 is 0 Å². The van der Waals surface area contributed by atoms with E-state index in [1.54, 1.807) is 0 Å². The minimum Gasteiger partial charge on any atom is -0.357 e. The molecule has 0 aliphatic carbocycles. The Kier molecular flexibility index (Phi) is 9.09. The first kappa shape index (κ1) is 29.8. The fraction of sp³-hybridized carbons (Fsp3) is 0.394. The number of aromatic nitrogens is 4. The summed E-state index contributed by atoms with van der Waals surface area (Å²) in [7, 11) is 0. The monoisotopic (exact) mass is 685 g/mol. The molecule has 0 atom stereocenters. The summed E-state index contributed by atoms with van der Waals surface area (Å²) in [4.78, 5) is 19.2. The van der Waals surface area contributed by atoms with Gasteiger partial charge in [0.25, 0.3) is 0 Å². The normalized spacial score (nSPS) is 12.2. The van der Waals surface area contributed by atoms with Gasteiger partial charge in [-0.15, -0.1) is 35.4 Å². The van der Waals surface area contributed by atoms with Gasteiger partial charge < -0.3 is 19.9 Å². The maximum absolute atomic E-state index is 5.01. The first-order chi connectivity index (χ1) is 17.3. The van der Waals surface area contributed by atoms with Gasteiger partial charge in [-0.1, -0.05) is 65.8 Å². The van der Waals surface area contributed by atoms with Crippen LogP contribution in [0.3, 0.4) is 0 Å². The molecule has 4 heterocycles. The average Bonchev–Trinajstić information content (AvgIpc) is 2.83. The van der Waals surface area contributed by atoms with Crippen molar-refractivity contribution in [3.63, 3.8) is 0 Å². The summed E-state index contributed by atoms with van der Waals surface area (Å²) in [5.74, 6) is 0. The van der Waals surface area contributed by atoms with Crippen molar-refractivity contribution in [3.8, 4) is 22.5 Å². The fourth-order valence-electron chi connectivity index (χ4n) is 4.34. The molecule has 0 aliphatic heterocycles. The Morgan fingerprint density at radius 3 is 1.26 bits per heavy atom. The van der Waals surface area contributed by atoms with E-state index in [2.05, 4.69) is 114 Å². The topological polar surface area (TPSA) is 51.6 Å². The van der Waals surface area contributed by atoms with Crippen LogP contribution in [-0.2, 0) is 39.3 Å². The maximum atomic E-state index is 5.01. The van der Waals surface area contributed by atoms with Gasteiger partial charge in [0.1, 0.15) is 0 Å². The number of rotatable bonds is 6. The van der Waals surface area contributed by atoms with Crippen LogP contribution in [0.25, 0.3) is 22.5 Å². The van der Waals surface area contributed by atoms with Crippen LogP contribution in [0.5, 0.6) is 0 Å². The van der Waals surface area contributed by atoms with Crippen molar-refractivity contribution in [2.24, 2.45) is 10.8 Å². The molecule has 0 aliphatic rings. The largest absolute Gasteiger partial charge is 2.00 e. The van der Waals surface area contributed by atoms with E-state index in [-0.39, 0.29) is 31.9 Å². The molecule has 0 saturated carbocycles. The SMILES string of the molecule is CC(C)(C)Cc1ccc(-c2cccc(C(C)(C)c3cccc(-c4[c-]nc(CC(C)(C)C)cc4)n3)n2)[c-]n1.[Pt+2]. The Bertz CT molecular complexity index is 1240. The average molecular weight is 686 g/mol. The first-order valence-corrected chi connectivity index (χ1v) is 13.0. The van der Waals surface area contributed by atoms with Gasteiger partial charge in [-0.2, -0.15) is 0 Å². The van der Waals surface area contributed by atoms with Gasteiger partial charge >= 0.3 is 21.1 Å². The van der Waals surface area contributed by atoms with Gasteiger partial charge in [0.15, 0.2) is 0 Å². The summed E-state index contributed by atoms with van der Waals surface area (Å²) >= 11 is 0. The second-order valence-corrected chi connectivity index (χ2v) is 12.8. The van der Waals surface area contributed by atoms with Crippen molar-refractivity contribution in [1.82, 2.24) is 19.9 Å². The molecule has 0 amide bonds. The van der Waals surface area contributed by atoms with Crippen LogP contribution in [0.1, 0.15) is 78.2 Å². The second kappa shape index (κ2) is 11.6. The van der Waals surface area contributed by atoms with Gasteiger partial charge in [-0.3, -0.25) is 0 Å². The zero-order chi connectivity index (χ0) is 26.8. The molecule has 0 fully saturated rings. The Morgan fingerprint density at radius 1 is 0.553 bits per heavy atom. The third-order valence-electron chi connectivity index (χ3n) is 6.28. The molecule has 0 saturated heterocycles. The van der Waals surface area contributed by atoms with Crippen LogP contribution in [0, 0.1) is 23.2 Å². The number of hydrogen-bond acceptors (Lipinski definition) is 4. The van der Waals surface area contributed by atoms with Crippen LogP contribution in [0.4, 0.5) is 0 Å². The molecule has 4 aromatic rings. The van der Waals surface area contributed by atoms with Crippen molar-refractivity contribution in [1.29, 1.82) is 0 Å². The molecule has 38 heavy (non-hydrogen) atoms. The van der Waals surface area contributed by atoms with Crippen molar-refractivity contribution in [3.05, 3.63) is 95.8 Å². The molecule has 0 bridgehead atoms. The van der Waals surface area contributed by atoms with E-state index in [0.717, 1.165) is 58.1 Å². The van der Waals surface area contributed by atoms with E-state index < -0.39 is 5.41 Å². The molecule has 4 aromatic heterocycles. The minimum atomic E-state index is -0.398. The van der Waals surface area contributed by atoms with Crippen LogP contribution in [0.2, 0.25) is 0 Å². The van der Waals surface area contributed by atoms with Crippen molar-refractivity contribution >= 4 is 0 Å². The molecule has 0 aromatic carbocycles. The molecular formula is C33H38N4Pt. The summed E-state index contributed by atoms with van der Waals surface area (Å²) in [6.07, 6.45) is 8.24. The molecule has 0 N–H and O–H groups in total. The summed E-state index contributed by atoms with van der Waals surface area (Å²) in [6.45, 7) is 17.6. The summed E-state index contributed by atoms with van der Waals surface area (Å²) in [5.41, 5.74) is 7.49. The third-order valence-corrected chi connectivity index (χ3v) is 6.28. The minimum absolute atomic E-state index is 0. The number of nitrogens with zero attached hydrogens (tertiary/aromatic N) is 4. The zero-order valence-electron chi connectivity index (χ0n) is 23.8. The smallest absolute Gasteiger partial charge is 0.357 e. The molecule has 200 valence electrons. The van der Waals surface area contributed by atoms with E-state index in [4.69, 9.17) is 9.97 Å². The standard InChI is InChI=1S/C33H38N4.Pt/c1-31(2,3)19-25-17-15-23(21-34-25)27-11-9-13-29(36-27)33(7,8)30-14-10-12-28(37-30)24-16-18-26(35-22-24)20-32(4,5)6;/h9-18H,19-20H2,1-8H3;/q-2;+2. The first-order valence-electron chi connectivity index (χ1n) is 13.0. The Morgan fingerprint density at radius 2 is 0.947 bits per heavy atom. The van der Waals surface area contributed by atoms with Gasteiger partial charge in [-0.05, 0) is 84.8 Å². The quantitative estimate of drug-likeness (QED) is 0.195. The Hall–Kier alpha value is -2.71. The zero-order valence-corrected chi connectivity index (χ0v) is 26.1. The summed E-state index contributed by atoms with van der Waals surface area (Å²) < 4.78 is 0. The predicted molar refractivity (Wildman–Crippen MR) is 151 cm³/mol. The number of hydrogen-bond donors (Lipinski definition) is 0. The third kappa shape index (κ3) is 7.66. The molecule has 0 spiro atoms. The molecule has 4 nitrogen and oxygen atoms in total. The molecule has 0 unspecified atom stereocenters. The Balaban J connectivity index is 0.00000400. The molecule has 5 heteroatoms. The van der Waals surface area contributed by atoms with E-state index in [1.165, 1.54) is 0 Å².